The first-order valence-corrected chi connectivity index (χ1v) is 8.77. The van der Waals surface area contributed by atoms with Crippen LogP contribution in [-0.4, -0.2) is 19.1 Å². The van der Waals surface area contributed by atoms with Crippen LogP contribution < -0.4 is 0 Å². The van der Waals surface area contributed by atoms with Crippen molar-refractivity contribution in [1.29, 1.82) is 0 Å². The first-order valence-electron chi connectivity index (χ1n) is 7.36. The predicted octanol–water partition coefficient (Wildman–Crippen LogP) is 3.67. The lowest BCUT2D eigenvalue weighted by atomic mass is 10.1. The Kier molecular flexibility index (Phi) is 4.31. The Morgan fingerprint density at radius 2 is 1.79 bits per heavy atom. The fourth-order valence-corrected chi connectivity index (χ4v) is 2.94. The van der Waals surface area contributed by atoms with E-state index in [0.29, 0.717) is 11.3 Å². The molecule has 0 aliphatic rings. The summed E-state index contributed by atoms with van der Waals surface area (Å²) in [4.78, 5) is 4.40. The number of oxime groups is 1. The van der Waals surface area contributed by atoms with Crippen LogP contribution in [0.3, 0.4) is 0 Å². The summed E-state index contributed by atoms with van der Waals surface area (Å²) >= 11 is 0. The van der Waals surface area contributed by atoms with E-state index in [2.05, 4.69) is 10.1 Å². The highest BCUT2D eigenvalue weighted by molar-refractivity contribution is 7.86. The van der Waals surface area contributed by atoms with Crippen LogP contribution in [0, 0.1) is 6.92 Å². The molecule has 0 aliphatic carbocycles. The molecule has 2 aromatic carbocycles. The van der Waals surface area contributed by atoms with Crippen molar-refractivity contribution in [2.75, 3.05) is 0 Å². The second-order valence-corrected chi connectivity index (χ2v) is 6.96. The van der Waals surface area contributed by atoms with Gasteiger partial charge in [-0.05, 0) is 38.1 Å². The summed E-state index contributed by atoms with van der Waals surface area (Å²) in [5.74, 6) is 0. The van der Waals surface area contributed by atoms with Gasteiger partial charge in [-0.2, -0.15) is 8.42 Å². The molecule has 6 heteroatoms. The van der Waals surface area contributed by atoms with Crippen molar-refractivity contribution in [3.8, 4) is 0 Å². The third-order valence-corrected chi connectivity index (χ3v) is 4.71. The lowest BCUT2D eigenvalue weighted by Crippen LogP contribution is -2.05. The van der Waals surface area contributed by atoms with Crippen LogP contribution in [0.25, 0.3) is 10.9 Å². The average Bonchev–Trinajstić information content (AvgIpc) is 2.59. The maximum absolute atomic E-state index is 12.1. The summed E-state index contributed by atoms with van der Waals surface area (Å²) in [6, 6.07) is 16.0. The van der Waals surface area contributed by atoms with Crippen molar-refractivity contribution in [1.82, 2.24) is 4.98 Å². The van der Waals surface area contributed by atoms with Crippen molar-refractivity contribution >= 4 is 26.7 Å². The standard InChI is InChI=1S/C18H16N2O3S/c1-13-7-9-17(10-8-13)24(21,22)23-20-14(2)16-11-15-5-3-4-6-18(15)19-12-16/h3-12H,1-2H3. The molecule has 0 fully saturated rings. The molecular weight excluding hydrogens is 324 g/mol. The number of pyridine rings is 1. The molecule has 122 valence electrons. The number of hydrogen-bond donors (Lipinski definition) is 0. The zero-order valence-electron chi connectivity index (χ0n) is 13.3. The number of aryl methyl sites for hydroxylation is 1. The van der Waals surface area contributed by atoms with Crippen LogP contribution in [-0.2, 0) is 14.4 Å². The number of aromatic nitrogens is 1. The summed E-state index contributed by atoms with van der Waals surface area (Å²) in [6.45, 7) is 3.56. The third-order valence-electron chi connectivity index (χ3n) is 3.59. The van der Waals surface area contributed by atoms with E-state index in [9.17, 15) is 8.42 Å². The fraction of sp³-hybridized carbons (Fsp3) is 0.111. The molecule has 3 rings (SSSR count). The average molecular weight is 340 g/mol. The minimum Gasteiger partial charge on any atom is -0.265 e. The van der Waals surface area contributed by atoms with Crippen molar-refractivity contribution in [2.24, 2.45) is 5.16 Å². The Bertz CT molecular complexity index is 1010. The molecule has 24 heavy (non-hydrogen) atoms. The maximum atomic E-state index is 12.1. The molecule has 5 nitrogen and oxygen atoms in total. The minimum atomic E-state index is -3.93. The third kappa shape index (κ3) is 3.44. The molecule has 0 bridgehead atoms. The van der Waals surface area contributed by atoms with E-state index in [0.717, 1.165) is 16.5 Å². The van der Waals surface area contributed by atoms with Crippen molar-refractivity contribution < 1.29 is 12.7 Å². The second-order valence-electron chi connectivity index (χ2n) is 5.44. The summed E-state index contributed by atoms with van der Waals surface area (Å²) in [5.41, 5.74) is 2.97. The monoisotopic (exact) mass is 340 g/mol. The van der Waals surface area contributed by atoms with Gasteiger partial charge in [0.15, 0.2) is 0 Å². The van der Waals surface area contributed by atoms with Gasteiger partial charge in [-0.25, -0.2) is 0 Å². The lowest BCUT2D eigenvalue weighted by molar-refractivity contribution is 0.339. The van der Waals surface area contributed by atoms with E-state index in [4.69, 9.17) is 4.28 Å². The molecule has 0 unspecified atom stereocenters. The van der Waals surface area contributed by atoms with E-state index < -0.39 is 10.1 Å². The van der Waals surface area contributed by atoms with Crippen LogP contribution in [0.1, 0.15) is 18.1 Å². The smallest absolute Gasteiger partial charge is 0.265 e. The first kappa shape index (κ1) is 16.1. The number of para-hydroxylation sites is 1. The van der Waals surface area contributed by atoms with Gasteiger partial charge in [-0.3, -0.25) is 9.27 Å². The zero-order valence-corrected chi connectivity index (χ0v) is 14.1. The maximum Gasteiger partial charge on any atom is 0.358 e. The SMILES string of the molecule is CC(=NOS(=O)(=O)c1ccc(C)cc1)c1cnc2ccccc2c1. The molecule has 0 saturated carbocycles. The molecule has 0 amide bonds. The highest BCUT2D eigenvalue weighted by Crippen LogP contribution is 2.16. The van der Waals surface area contributed by atoms with Crippen LogP contribution in [0.5, 0.6) is 0 Å². The molecule has 1 aromatic heterocycles. The van der Waals surface area contributed by atoms with E-state index in [-0.39, 0.29) is 4.90 Å². The molecular formula is C18H16N2O3S. The number of rotatable bonds is 4. The normalized spacial score (nSPS) is 12.3. The van der Waals surface area contributed by atoms with Gasteiger partial charge in [0.25, 0.3) is 0 Å². The van der Waals surface area contributed by atoms with E-state index in [1.807, 2.05) is 37.3 Å². The van der Waals surface area contributed by atoms with Crippen LogP contribution in [0.4, 0.5) is 0 Å². The molecule has 0 radical (unpaired) electrons. The van der Waals surface area contributed by atoms with Crippen molar-refractivity contribution in [3.63, 3.8) is 0 Å². The minimum absolute atomic E-state index is 0.0706. The predicted molar refractivity (Wildman–Crippen MR) is 93.4 cm³/mol. The van der Waals surface area contributed by atoms with Crippen LogP contribution in [0.2, 0.25) is 0 Å². The molecule has 0 saturated heterocycles. The van der Waals surface area contributed by atoms with Gasteiger partial charge in [0.2, 0.25) is 0 Å². The van der Waals surface area contributed by atoms with Gasteiger partial charge >= 0.3 is 10.1 Å². The van der Waals surface area contributed by atoms with Gasteiger partial charge in [0.1, 0.15) is 4.90 Å². The fourth-order valence-electron chi connectivity index (χ4n) is 2.17. The number of nitrogens with zero attached hydrogens (tertiary/aromatic N) is 2. The largest absolute Gasteiger partial charge is 0.358 e. The van der Waals surface area contributed by atoms with Crippen LogP contribution >= 0.6 is 0 Å². The Morgan fingerprint density at radius 3 is 2.54 bits per heavy atom. The van der Waals surface area contributed by atoms with E-state index >= 15 is 0 Å². The Balaban J connectivity index is 1.85. The van der Waals surface area contributed by atoms with E-state index in [1.54, 1.807) is 25.3 Å². The Morgan fingerprint density at radius 1 is 1.08 bits per heavy atom. The van der Waals surface area contributed by atoms with Gasteiger partial charge in [-0.1, -0.05) is 41.1 Å². The quantitative estimate of drug-likeness (QED) is 0.537. The topological polar surface area (TPSA) is 68.6 Å². The Labute approximate surface area is 140 Å². The van der Waals surface area contributed by atoms with E-state index in [1.165, 1.54) is 12.1 Å². The van der Waals surface area contributed by atoms with Gasteiger partial charge in [0, 0.05) is 17.1 Å². The van der Waals surface area contributed by atoms with Gasteiger partial charge in [-0.15, -0.1) is 0 Å². The summed E-state index contributed by atoms with van der Waals surface area (Å²) in [7, 11) is -3.93. The summed E-state index contributed by atoms with van der Waals surface area (Å²) < 4.78 is 29.1. The molecule has 0 atom stereocenters. The highest BCUT2D eigenvalue weighted by Gasteiger charge is 2.15. The lowest BCUT2D eigenvalue weighted by Gasteiger charge is -2.05. The number of benzene rings is 2. The zero-order chi connectivity index (χ0) is 17.2. The second kappa shape index (κ2) is 6.41. The van der Waals surface area contributed by atoms with Gasteiger partial charge in [0.05, 0.1) is 11.2 Å². The molecule has 0 aliphatic heterocycles. The summed E-state index contributed by atoms with van der Waals surface area (Å²) in [6.07, 6.45) is 1.64. The molecule has 1 heterocycles. The number of hydrogen-bond acceptors (Lipinski definition) is 5. The highest BCUT2D eigenvalue weighted by atomic mass is 32.2. The van der Waals surface area contributed by atoms with Crippen LogP contribution in [0.15, 0.2) is 70.8 Å². The van der Waals surface area contributed by atoms with Crippen molar-refractivity contribution in [2.45, 2.75) is 18.7 Å². The molecule has 0 N–H and O–H groups in total. The molecule has 3 aromatic rings. The van der Waals surface area contributed by atoms with Gasteiger partial charge < -0.3 is 0 Å². The Hall–Kier alpha value is -2.73. The molecule has 0 spiro atoms. The number of fused-ring (bicyclic) bond motifs is 1. The first-order chi connectivity index (χ1) is 11.5. The van der Waals surface area contributed by atoms with Crippen molar-refractivity contribution in [3.05, 3.63) is 71.9 Å². The summed E-state index contributed by atoms with van der Waals surface area (Å²) in [5, 5.41) is 4.71.